The average Bonchev–Trinajstić information content (AvgIpc) is 3.04. The Bertz CT molecular complexity index is 465. The summed E-state index contributed by atoms with van der Waals surface area (Å²) in [5.41, 5.74) is 0.835. The van der Waals surface area contributed by atoms with Crippen LogP contribution in [0.25, 0.3) is 0 Å². The number of aryl methyl sites for hydroxylation is 1. The molecule has 2 fully saturated rings. The zero-order valence-electron chi connectivity index (χ0n) is 12.0. The van der Waals surface area contributed by atoms with E-state index in [0.717, 1.165) is 29.9 Å². The number of hydrogen-bond acceptors (Lipinski definition) is 2. The summed E-state index contributed by atoms with van der Waals surface area (Å²) < 4.78 is 1.93. The first-order valence-corrected chi connectivity index (χ1v) is 7.45. The van der Waals surface area contributed by atoms with Crippen molar-refractivity contribution in [1.82, 2.24) is 9.47 Å². The summed E-state index contributed by atoms with van der Waals surface area (Å²) in [5.74, 6) is 3.02. The van der Waals surface area contributed by atoms with Gasteiger partial charge in [0.25, 0.3) is 0 Å². The predicted molar refractivity (Wildman–Crippen MR) is 76.2 cm³/mol. The summed E-state index contributed by atoms with van der Waals surface area (Å²) in [6.07, 6.45) is 9.57. The first kappa shape index (κ1) is 12.9. The molecule has 2 aliphatic rings. The molecule has 2 aliphatic carbocycles. The molecule has 1 aromatic heterocycles. The molecule has 0 amide bonds. The van der Waals surface area contributed by atoms with E-state index in [0.29, 0.717) is 6.54 Å². The van der Waals surface area contributed by atoms with Gasteiger partial charge in [-0.15, -0.1) is 0 Å². The Kier molecular flexibility index (Phi) is 3.48. The van der Waals surface area contributed by atoms with Crippen molar-refractivity contribution in [3.63, 3.8) is 0 Å². The summed E-state index contributed by atoms with van der Waals surface area (Å²) in [7, 11) is 4.04. The van der Waals surface area contributed by atoms with E-state index in [-0.39, 0.29) is 5.78 Å². The molecule has 3 unspecified atom stereocenters. The number of carbonyl (C=O) groups is 1. The normalized spacial score (nSPS) is 29.3. The van der Waals surface area contributed by atoms with Crippen LogP contribution >= 0.6 is 0 Å². The lowest BCUT2D eigenvalue weighted by Gasteiger charge is -2.26. The Morgan fingerprint density at radius 2 is 2.26 bits per heavy atom. The van der Waals surface area contributed by atoms with Crippen LogP contribution < -0.4 is 0 Å². The minimum Gasteiger partial charge on any atom is -0.357 e. The van der Waals surface area contributed by atoms with Gasteiger partial charge in [0.2, 0.25) is 0 Å². The fraction of sp³-hybridized carbons (Fsp3) is 0.688. The molecular formula is C16H24N2O. The fourth-order valence-electron chi connectivity index (χ4n) is 4.07. The van der Waals surface area contributed by atoms with E-state index in [1.807, 2.05) is 30.1 Å². The van der Waals surface area contributed by atoms with E-state index in [4.69, 9.17) is 0 Å². The summed E-state index contributed by atoms with van der Waals surface area (Å²) in [6.45, 7) is 1.65. The third-order valence-corrected chi connectivity index (χ3v) is 5.00. The Hall–Kier alpha value is -1.09. The van der Waals surface area contributed by atoms with E-state index in [1.54, 1.807) is 0 Å². The van der Waals surface area contributed by atoms with Gasteiger partial charge in [0.05, 0.1) is 6.54 Å². The van der Waals surface area contributed by atoms with Crippen molar-refractivity contribution in [1.29, 1.82) is 0 Å². The smallest absolute Gasteiger partial charge is 0.178 e. The molecule has 3 nitrogen and oxygen atoms in total. The van der Waals surface area contributed by atoms with E-state index in [9.17, 15) is 4.79 Å². The third kappa shape index (κ3) is 2.76. The van der Waals surface area contributed by atoms with Gasteiger partial charge in [-0.1, -0.05) is 6.42 Å². The quantitative estimate of drug-likeness (QED) is 0.760. The maximum atomic E-state index is 12.1. The highest BCUT2D eigenvalue weighted by atomic mass is 16.1. The Morgan fingerprint density at radius 3 is 2.84 bits per heavy atom. The van der Waals surface area contributed by atoms with Crippen molar-refractivity contribution in [2.75, 3.05) is 20.1 Å². The summed E-state index contributed by atoms with van der Waals surface area (Å²) in [5, 5.41) is 0. The van der Waals surface area contributed by atoms with Crippen molar-refractivity contribution >= 4 is 5.78 Å². The van der Waals surface area contributed by atoms with Gasteiger partial charge in [0.1, 0.15) is 0 Å². The number of rotatable bonds is 5. The number of aromatic nitrogens is 1. The van der Waals surface area contributed by atoms with Crippen LogP contribution in [0.3, 0.4) is 0 Å². The lowest BCUT2D eigenvalue weighted by Crippen LogP contribution is -2.32. The van der Waals surface area contributed by atoms with E-state index in [1.165, 1.54) is 25.7 Å². The molecule has 104 valence electrons. The van der Waals surface area contributed by atoms with Gasteiger partial charge in [-0.2, -0.15) is 0 Å². The Balaban J connectivity index is 1.51. The Labute approximate surface area is 115 Å². The lowest BCUT2D eigenvalue weighted by molar-refractivity contribution is 0.0929. The lowest BCUT2D eigenvalue weighted by atomic mass is 9.88. The maximum absolute atomic E-state index is 12.1. The minimum absolute atomic E-state index is 0.242. The van der Waals surface area contributed by atoms with Crippen molar-refractivity contribution in [3.05, 3.63) is 24.0 Å². The van der Waals surface area contributed by atoms with Gasteiger partial charge >= 0.3 is 0 Å². The van der Waals surface area contributed by atoms with Crippen LogP contribution in [0, 0.1) is 17.8 Å². The van der Waals surface area contributed by atoms with Gasteiger partial charge in [-0.3, -0.25) is 9.69 Å². The van der Waals surface area contributed by atoms with Crippen molar-refractivity contribution in [2.45, 2.75) is 25.7 Å². The number of ketones is 1. The molecular weight excluding hydrogens is 236 g/mol. The zero-order chi connectivity index (χ0) is 13.4. The van der Waals surface area contributed by atoms with E-state index >= 15 is 0 Å². The third-order valence-electron chi connectivity index (χ3n) is 5.00. The summed E-state index contributed by atoms with van der Waals surface area (Å²) in [4.78, 5) is 14.4. The molecule has 19 heavy (non-hydrogen) atoms. The molecule has 3 heteroatoms. The summed E-state index contributed by atoms with van der Waals surface area (Å²) in [6, 6.07) is 1.91. The molecule has 0 radical (unpaired) electrons. The summed E-state index contributed by atoms with van der Waals surface area (Å²) >= 11 is 0. The molecule has 3 rings (SSSR count). The molecule has 1 heterocycles. The fourth-order valence-corrected chi connectivity index (χ4v) is 4.07. The molecule has 0 N–H and O–H groups in total. The van der Waals surface area contributed by atoms with Gasteiger partial charge in [0, 0.05) is 31.5 Å². The van der Waals surface area contributed by atoms with Crippen molar-refractivity contribution in [3.8, 4) is 0 Å². The first-order valence-electron chi connectivity index (χ1n) is 7.45. The zero-order valence-corrected chi connectivity index (χ0v) is 12.0. The van der Waals surface area contributed by atoms with Crippen LogP contribution in [0.4, 0.5) is 0 Å². The van der Waals surface area contributed by atoms with E-state index < -0.39 is 0 Å². The minimum atomic E-state index is 0.242. The predicted octanol–water partition coefficient (Wildman–Crippen LogP) is 2.58. The SMILES string of the molecule is CN(CC(=O)c1ccn(C)c1)CC1CC2CCC1C2. The van der Waals surface area contributed by atoms with Crippen molar-refractivity contribution < 1.29 is 4.79 Å². The average molecular weight is 260 g/mol. The number of nitrogens with zero attached hydrogens (tertiary/aromatic N) is 2. The van der Waals surface area contributed by atoms with Crippen molar-refractivity contribution in [2.24, 2.45) is 24.8 Å². The maximum Gasteiger partial charge on any atom is 0.178 e. The second-order valence-corrected chi connectivity index (χ2v) is 6.62. The first-order chi connectivity index (χ1) is 9.11. The molecule has 2 bridgehead atoms. The molecule has 0 aromatic carbocycles. The van der Waals surface area contributed by atoms with Crippen LogP contribution in [0.5, 0.6) is 0 Å². The van der Waals surface area contributed by atoms with Crippen LogP contribution in [0.2, 0.25) is 0 Å². The standard InChI is InChI=1S/C16H24N2O/c1-17-6-5-14(9-17)16(19)11-18(2)10-15-8-12-3-4-13(15)7-12/h5-6,9,12-13,15H,3-4,7-8,10-11H2,1-2H3. The number of hydrogen-bond donors (Lipinski definition) is 0. The highest BCUT2D eigenvalue weighted by Gasteiger charge is 2.39. The van der Waals surface area contributed by atoms with Crippen LogP contribution in [0.15, 0.2) is 18.5 Å². The molecule has 0 saturated heterocycles. The van der Waals surface area contributed by atoms with Crippen LogP contribution in [-0.4, -0.2) is 35.4 Å². The molecule has 3 atom stereocenters. The largest absolute Gasteiger partial charge is 0.357 e. The highest BCUT2D eigenvalue weighted by Crippen LogP contribution is 2.48. The van der Waals surface area contributed by atoms with Crippen LogP contribution in [0.1, 0.15) is 36.0 Å². The number of likely N-dealkylation sites (N-methyl/N-ethyl adjacent to an activating group) is 1. The van der Waals surface area contributed by atoms with Gasteiger partial charge in [-0.05, 0) is 50.1 Å². The Morgan fingerprint density at radius 1 is 1.42 bits per heavy atom. The molecule has 2 saturated carbocycles. The van der Waals surface area contributed by atoms with Gasteiger partial charge in [0.15, 0.2) is 5.78 Å². The van der Waals surface area contributed by atoms with Crippen LogP contribution in [-0.2, 0) is 7.05 Å². The number of Topliss-reactive ketones (excluding diaryl/α,β-unsaturated/α-hetero) is 1. The second-order valence-electron chi connectivity index (χ2n) is 6.62. The second kappa shape index (κ2) is 5.12. The van der Waals surface area contributed by atoms with Gasteiger partial charge in [-0.25, -0.2) is 0 Å². The van der Waals surface area contributed by atoms with E-state index in [2.05, 4.69) is 11.9 Å². The topological polar surface area (TPSA) is 25.2 Å². The van der Waals surface area contributed by atoms with Gasteiger partial charge < -0.3 is 4.57 Å². The molecule has 0 aliphatic heterocycles. The molecule has 0 spiro atoms. The molecule has 1 aromatic rings. The highest BCUT2D eigenvalue weighted by molar-refractivity contribution is 5.97. The monoisotopic (exact) mass is 260 g/mol. The number of carbonyl (C=O) groups excluding carboxylic acids is 1. The number of fused-ring (bicyclic) bond motifs is 2.